The lowest BCUT2D eigenvalue weighted by atomic mass is 10.0. The zero-order valence-electron chi connectivity index (χ0n) is 10.4. The number of carbonyl (C=O) groups is 1. The van der Waals surface area contributed by atoms with E-state index < -0.39 is 5.60 Å². The van der Waals surface area contributed by atoms with E-state index in [0.29, 0.717) is 18.5 Å². The molecule has 0 aromatic carbocycles. The fourth-order valence-corrected chi connectivity index (χ4v) is 3.85. The van der Waals surface area contributed by atoms with Crippen molar-refractivity contribution >= 4 is 17.8 Å². The van der Waals surface area contributed by atoms with E-state index in [1.807, 2.05) is 0 Å². The van der Waals surface area contributed by atoms with Crippen LogP contribution in [0.3, 0.4) is 0 Å². The SMILES string of the molecule is CC1CCCC1NC(=O)NCC1(O)CCSC1. The summed E-state index contributed by atoms with van der Waals surface area (Å²) in [5.41, 5.74) is -0.691. The molecule has 2 rings (SSSR count). The Kier molecular flexibility index (Phi) is 4.20. The van der Waals surface area contributed by atoms with Gasteiger partial charge in [-0.1, -0.05) is 13.3 Å². The van der Waals surface area contributed by atoms with Gasteiger partial charge in [-0.05, 0) is 30.9 Å². The van der Waals surface area contributed by atoms with Crippen LogP contribution in [0.5, 0.6) is 0 Å². The molecular weight excluding hydrogens is 236 g/mol. The van der Waals surface area contributed by atoms with E-state index in [1.54, 1.807) is 11.8 Å². The molecule has 98 valence electrons. The summed E-state index contributed by atoms with van der Waals surface area (Å²) in [6.45, 7) is 2.55. The van der Waals surface area contributed by atoms with E-state index >= 15 is 0 Å². The minimum absolute atomic E-state index is 0.130. The minimum atomic E-state index is -0.691. The maximum absolute atomic E-state index is 11.7. The Morgan fingerprint density at radius 2 is 2.35 bits per heavy atom. The molecule has 3 atom stereocenters. The minimum Gasteiger partial charge on any atom is -0.387 e. The zero-order chi connectivity index (χ0) is 12.3. The molecule has 5 heteroatoms. The summed E-state index contributed by atoms with van der Waals surface area (Å²) < 4.78 is 0. The number of urea groups is 1. The van der Waals surface area contributed by atoms with Crippen LogP contribution in [-0.4, -0.2) is 40.8 Å². The third-order valence-corrected chi connectivity index (χ3v) is 5.07. The van der Waals surface area contributed by atoms with Gasteiger partial charge in [0.15, 0.2) is 0 Å². The summed E-state index contributed by atoms with van der Waals surface area (Å²) >= 11 is 1.74. The molecule has 1 aliphatic carbocycles. The third-order valence-electron chi connectivity index (χ3n) is 3.84. The van der Waals surface area contributed by atoms with E-state index in [9.17, 15) is 9.90 Å². The molecule has 0 bridgehead atoms. The molecular formula is C12H22N2O2S. The molecule has 2 amide bonds. The van der Waals surface area contributed by atoms with Crippen molar-refractivity contribution in [3.8, 4) is 0 Å². The molecule has 2 aliphatic rings. The highest BCUT2D eigenvalue weighted by Crippen LogP contribution is 2.27. The second-order valence-corrected chi connectivity index (χ2v) is 6.47. The Morgan fingerprint density at radius 3 is 2.94 bits per heavy atom. The summed E-state index contributed by atoms with van der Waals surface area (Å²) in [6, 6.07) is 0.177. The van der Waals surface area contributed by atoms with Crippen LogP contribution in [0, 0.1) is 5.92 Å². The zero-order valence-corrected chi connectivity index (χ0v) is 11.2. The van der Waals surface area contributed by atoms with Crippen molar-refractivity contribution < 1.29 is 9.90 Å². The largest absolute Gasteiger partial charge is 0.387 e. The van der Waals surface area contributed by atoms with Crippen molar-refractivity contribution in [2.24, 2.45) is 5.92 Å². The van der Waals surface area contributed by atoms with Crippen molar-refractivity contribution in [3.05, 3.63) is 0 Å². The molecule has 2 fully saturated rings. The van der Waals surface area contributed by atoms with Crippen LogP contribution in [-0.2, 0) is 0 Å². The number of carbonyl (C=O) groups excluding carboxylic acids is 1. The van der Waals surface area contributed by atoms with Crippen LogP contribution >= 0.6 is 11.8 Å². The first-order chi connectivity index (χ1) is 8.09. The molecule has 4 nitrogen and oxygen atoms in total. The van der Waals surface area contributed by atoms with Crippen LogP contribution in [0.1, 0.15) is 32.6 Å². The van der Waals surface area contributed by atoms with Crippen molar-refractivity contribution in [3.63, 3.8) is 0 Å². The molecule has 3 N–H and O–H groups in total. The number of amides is 2. The lowest BCUT2D eigenvalue weighted by molar-refractivity contribution is 0.0698. The summed E-state index contributed by atoms with van der Waals surface area (Å²) in [5.74, 6) is 2.29. The van der Waals surface area contributed by atoms with Gasteiger partial charge in [-0.15, -0.1) is 0 Å². The van der Waals surface area contributed by atoms with E-state index in [-0.39, 0.29) is 6.03 Å². The topological polar surface area (TPSA) is 61.4 Å². The highest BCUT2D eigenvalue weighted by molar-refractivity contribution is 7.99. The van der Waals surface area contributed by atoms with Gasteiger partial charge < -0.3 is 15.7 Å². The van der Waals surface area contributed by atoms with Gasteiger partial charge >= 0.3 is 6.03 Å². The van der Waals surface area contributed by atoms with Crippen LogP contribution < -0.4 is 10.6 Å². The molecule has 0 aromatic rings. The van der Waals surface area contributed by atoms with E-state index in [1.165, 1.54) is 12.8 Å². The Bertz CT molecular complexity index is 280. The molecule has 0 spiro atoms. The number of nitrogens with one attached hydrogen (secondary N) is 2. The second-order valence-electron chi connectivity index (χ2n) is 5.37. The second kappa shape index (κ2) is 5.48. The number of rotatable bonds is 3. The molecule has 3 unspecified atom stereocenters. The smallest absolute Gasteiger partial charge is 0.315 e. The lowest BCUT2D eigenvalue weighted by Crippen LogP contribution is -2.49. The van der Waals surface area contributed by atoms with E-state index in [4.69, 9.17) is 0 Å². The summed E-state index contributed by atoms with van der Waals surface area (Å²) in [6.07, 6.45) is 4.25. The lowest BCUT2D eigenvalue weighted by Gasteiger charge is -2.23. The molecule has 17 heavy (non-hydrogen) atoms. The average molecular weight is 258 g/mol. The van der Waals surface area contributed by atoms with Crippen molar-refractivity contribution in [2.75, 3.05) is 18.1 Å². The van der Waals surface area contributed by atoms with Crippen LogP contribution in [0.4, 0.5) is 4.79 Å². The maximum Gasteiger partial charge on any atom is 0.315 e. The van der Waals surface area contributed by atoms with Gasteiger partial charge in [0.1, 0.15) is 0 Å². The van der Waals surface area contributed by atoms with Crippen LogP contribution in [0.15, 0.2) is 0 Å². The molecule has 0 radical (unpaired) electrons. The fourth-order valence-electron chi connectivity index (χ4n) is 2.56. The van der Waals surface area contributed by atoms with Crippen LogP contribution in [0.25, 0.3) is 0 Å². The molecule has 0 aromatic heterocycles. The van der Waals surface area contributed by atoms with Crippen molar-refractivity contribution in [1.82, 2.24) is 10.6 Å². The van der Waals surface area contributed by atoms with Gasteiger partial charge in [0, 0.05) is 18.3 Å². The first-order valence-electron chi connectivity index (χ1n) is 6.44. The number of hydrogen-bond donors (Lipinski definition) is 3. The molecule has 1 saturated heterocycles. The number of hydrogen-bond acceptors (Lipinski definition) is 3. The number of thioether (sulfide) groups is 1. The maximum atomic E-state index is 11.7. The normalized spacial score (nSPS) is 37.1. The molecule has 1 saturated carbocycles. The van der Waals surface area contributed by atoms with E-state index in [0.717, 1.165) is 24.3 Å². The quantitative estimate of drug-likeness (QED) is 0.716. The molecule has 1 heterocycles. The van der Waals surface area contributed by atoms with Gasteiger partial charge in [-0.2, -0.15) is 11.8 Å². The Hall–Kier alpha value is -0.420. The summed E-state index contributed by atoms with van der Waals surface area (Å²) in [5, 5.41) is 15.9. The highest BCUT2D eigenvalue weighted by Gasteiger charge is 2.32. The Morgan fingerprint density at radius 1 is 1.53 bits per heavy atom. The van der Waals surface area contributed by atoms with Gasteiger partial charge in [-0.25, -0.2) is 4.79 Å². The van der Waals surface area contributed by atoms with Crippen molar-refractivity contribution in [1.29, 1.82) is 0 Å². The first kappa shape index (κ1) is 13.0. The Balaban J connectivity index is 1.70. The molecule has 1 aliphatic heterocycles. The van der Waals surface area contributed by atoms with Crippen molar-refractivity contribution in [2.45, 2.75) is 44.2 Å². The summed E-state index contributed by atoms with van der Waals surface area (Å²) in [7, 11) is 0. The predicted molar refractivity (Wildman–Crippen MR) is 70.2 cm³/mol. The van der Waals surface area contributed by atoms with Gasteiger partial charge in [-0.3, -0.25) is 0 Å². The monoisotopic (exact) mass is 258 g/mol. The first-order valence-corrected chi connectivity index (χ1v) is 7.59. The van der Waals surface area contributed by atoms with Crippen LogP contribution in [0.2, 0.25) is 0 Å². The summed E-state index contributed by atoms with van der Waals surface area (Å²) in [4.78, 5) is 11.7. The fraction of sp³-hybridized carbons (Fsp3) is 0.917. The predicted octanol–water partition coefficient (Wildman–Crippen LogP) is 1.34. The standard InChI is InChI=1S/C12H22N2O2S/c1-9-3-2-4-10(9)14-11(15)13-7-12(16)5-6-17-8-12/h9-10,16H,2-8H2,1H3,(H2,13,14,15). The third kappa shape index (κ3) is 3.52. The van der Waals surface area contributed by atoms with Gasteiger partial charge in [0.05, 0.1) is 5.60 Å². The Labute approximate surface area is 107 Å². The number of aliphatic hydroxyl groups is 1. The average Bonchev–Trinajstić information content (AvgIpc) is 2.87. The van der Waals surface area contributed by atoms with Gasteiger partial charge in [0.2, 0.25) is 0 Å². The highest BCUT2D eigenvalue weighted by atomic mass is 32.2. The van der Waals surface area contributed by atoms with E-state index in [2.05, 4.69) is 17.6 Å². The van der Waals surface area contributed by atoms with Gasteiger partial charge in [0.25, 0.3) is 0 Å².